The molecule has 3 heterocycles. The molecule has 7 heteroatoms. The molecule has 0 saturated carbocycles. The van der Waals surface area contributed by atoms with Gasteiger partial charge in [-0.15, -0.1) is 11.3 Å². The highest BCUT2D eigenvalue weighted by molar-refractivity contribution is 7.13. The van der Waals surface area contributed by atoms with E-state index < -0.39 is 0 Å². The quantitative estimate of drug-likeness (QED) is 0.629. The minimum Gasteiger partial charge on any atom is -0.374 e. The zero-order chi connectivity index (χ0) is 20.9. The molecule has 1 amide bonds. The molecule has 1 aliphatic heterocycles. The largest absolute Gasteiger partial charge is 0.374 e. The van der Waals surface area contributed by atoms with E-state index in [2.05, 4.69) is 24.1 Å². The molecule has 4 rings (SSSR count). The van der Waals surface area contributed by atoms with Crippen LogP contribution in [0.15, 0.2) is 54.0 Å². The number of nitrogens with one attached hydrogen (secondary N) is 1. The lowest BCUT2D eigenvalue weighted by Crippen LogP contribution is -2.48. The van der Waals surface area contributed by atoms with Gasteiger partial charge in [0.25, 0.3) is 5.91 Å². The van der Waals surface area contributed by atoms with Gasteiger partial charge in [0.05, 0.1) is 28.8 Å². The first kappa shape index (κ1) is 20.8. The molecule has 1 aliphatic rings. The zero-order valence-electron chi connectivity index (χ0n) is 17.5. The van der Waals surface area contributed by atoms with Crippen molar-refractivity contribution in [2.45, 2.75) is 20.0 Å². The number of carbonyl (C=O) groups is 1. The van der Waals surface area contributed by atoms with Crippen LogP contribution in [0.3, 0.4) is 0 Å². The molecule has 0 spiro atoms. The SMILES string of the molecule is CC(C)CN1CCOC(CNC(=O)c2cn(-c3ccccc3)nc2-c2cccs2)C1. The maximum absolute atomic E-state index is 13.1. The lowest BCUT2D eigenvalue weighted by molar-refractivity contribution is -0.0295. The molecule has 158 valence electrons. The number of carbonyl (C=O) groups excluding carboxylic acids is 1. The van der Waals surface area contributed by atoms with Gasteiger partial charge in [-0.2, -0.15) is 5.10 Å². The lowest BCUT2D eigenvalue weighted by Gasteiger charge is -2.33. The topological polar surface area (TPSA) is 59.4 Å². The van der Waals surface area contributed by atoms with Gasteiger partial charge in [-0.1, -0.05) is 38.1 Å². The predicted molar refractivity (Wildman–Crippen MR) is 120 cm³/mol. The Morgan fingerprint density at radius 1 is 1.27 bits per heavy atom. The number of hydrogen-bond acceptors (Lipinski definition) is 5. The van der Waals surface area contributed by atoms with Crippen molar-refractivity contribution in [3.8, 4) is 16.3 Å². The van der Waals surface area contributed by atoms with Crippen LogP contribution in [0.2, 0.25) is 0 Å². The number of aromatic nitrogens is 2. The summed E-state index contributed by atoms with van der Waals surface area (Å²) in [5.74, 6) is 0.501. The Bertz CT molecular complexity index is 953. The molecule has 2 aromatic heterocycles. The van der Waals surface area contributed by atoms with E-state index in [9.17, 15) is 4.79 Å². The first-order valence-electron chi connectivity index (χ1n) is 10.4. The number of morpholine rings is 1. The third kappa shape index (κ3) is 4.98. The summed E-state index contributed by atoms with van der Waals surface area (Å²) in [6.45, 7) is 8.51. The van der Waals surface area contributed by atoms with E-state index in [4.69, 9.17) is 9.84 Å². The van der Waals surface area contributed by atoms with Crippen molar-refractivity contribution >= 4 is 17.2 Å². The van der Waals surface area contributed by atoms with E-state index in [0.717, 1.165) is 30.2 Å². The third-order valence-corrected chi connectivity index (χ3v) is 5.95. The lowest BCUT2D eigenvalue weighted by atomic mass is 10.1. The van der Waals surface area contributed by atoms with Crippen molar-refractivity contribution in [2.75, 3.05) is 32.8 Å². The van der Waals surface area contributed by atoms with Crippen LogP contribution in [-0.4, -0.2) is 59.5 Å². The average molecular weight is 425 g/mol. The molecule has 0 aliphatic carbocycles. The molecule has 0 radical (unpaired) electrons. The van der Waals surface area contributed by atoms with Gasteiger partial charge >= 0.3 is 0 Å². The fourth-order valence-electron chi connectivity index (χ4n) is 3.74. The standard InChI is InChI=1S/C23H28N4O2S/c1-17(2)14-26-10-11-29-19(15-26)13-24-23(28)20-16-27(18-7-4-3-5-8-18)25-22(20)21-9-6-12-30-21/h3-9,12,16-17,19H,10-11,13-15H2,1-2H3,(H,24,28). The number of hydrogen-bond donors (Lipinski definition) is 1. The Hall–Kier alpha value is -2.48. The van der Waals surface area contributed by atoms with Crippen LogP contribution in [0.4, 0.5) is 0 Å². The number of ether oxygens (including phenoxy) is 1. The van der Waals surface area contributed by atoms with Crippen LogP contribution in [0.5, 0.6) is 0 Å². The van der Waals surface area contributed by atoms with Crippen LogP contribution in [0.25, 0.3) is 16.3 Å². The maximum Gasteiger partial charge on any atom is 0.255 e. The summed E-state index contributed by atoms with van der Waals surface area (Å²) in [6, 6.07) is 13.8. The van der Waals surface area contributed by atoms with Crippen molar-refractivity contribution in [3.05, 3.63) is 59.6 Å². The van der Waals surface area contributed by atoms with E-state index in [-0.39, 0.29) is 12.0 Å². The molecule has 30 heavy (non-hydrogen) atoms. The highest BCUT2D eigenvalue weighted by Gasteiger charge is 2.24. The highest BCUT2D eigenvalue weighted by atomic mass is 32.1. The van der Waals surface area contributed by atoms with E-state index in [1.165, 1.54) is 0 Å². The van der Waals surface area contributed by atoms with Gasteiger partial charge < -0.3 is 10.1 Å². The Balaban J connectivity index is 1.48. The van der Waals surface area contributed by atoms with Gasteiger partial charge in [-0.3, -0.25) is 9.69 Å². The molecule has 1 saturated heterocycles. The smallest absolute Gasteiger partial charge is 0.255 e. The second-order valence-corrected chi connectivity index (χ2v) is 8.95. The highest BCUT2D eigenvalue weighted by Crippen LogP contribution is 2.27. The number of thiophene rings is 1. The average Bonchev–Trinajstić information content (AvgIpc) is 3.42. The fourth-order valence-corrected chi connectivity index (χ4v) is 4.46. The van der Waals surface area contributed by atoms with Gasteiger partial charge in [0, 0.05) is 32.4 Å². The summed E-state index contributed by atoms with van der Waals surface area (Å²) in [4.78, 5) is 16.5. The first-order chi connectivity index (χ1) is 14.6. The molecule has 1 aromatic carbocycles. The normalized spacial score (nSPS) is 17.4. The van der Waals surface area contributed by atoms with E-state index in [1.807, 2.05) is 54.0 Å². The van der Waals surface area contributed by atoms with Gasteiger partial charge in [0.2, 0.25) is 0 Å². The Morgan fingerprint density at radius 2 is 2.10 bits per heavy atom. The summed E-state index contributed by atoms with van der Waals surface area (Å²) >= 11 is 1.58. The zero-order valence-corrected chi connectivity index (χ0v) is 18.3. The van der Waals surface area contributed by atoms with Gasteiger partial charge in [0.1, 0.15) is 5.69 Å². The van der Waals surface area contributed by atoms with Crippen molar-refractivity contribution in [1.82, 2.24) is 20.0 Å². The Kier molecular flexibility index (Phi) is 6.62. The van der Waals surface area contributed by atoms with Gasteiger partial charge in [0.15, 0.2) is 0 Å². The Morgan fingerprint density at radius 3 is 2.83 bits per heavy atom. The number of rotatable bonds is 7. The Labute approximate surface area is 181 Å². The van der Waals surface area contributed by atoms with Crippen molar-refractivity contribution in [3.63, 3.8) is 0 Å². The maximum atomic E-state index is 13.1. The summed E-state index contributed by atoms with van der Waals surface area (Å²) in [5.41, 5.74) is 2.21. The molecule has 6 nitrogen and oxygen atoms in total. The molecular formula is C23H28N4O2S. The van der Waals surface area contributed by atoms with Crippen molar-refractivity contribution in [2.24, 2.45) is 5.92 Å². The predicted octanol–water partition coefficient (Wildman–Crippen LogP) is 3.69. The van der Waals surface area contributed by atoms with Crippen LogP contribution in [0.1, 0.15) is 24.2 Å². The van der Waals surface area contributed by atoms with Gasteiger partial charge in [-0.05, 0) is 29.5 Å². The summed E-state index contributed by atoms with van der Waals surface area (Å²) in [6.07, 6.45) is 1.82. The number of nitrogens with zero attached hydrogens (tertiary/aromatic N) is 3. The van der Waals surface area contributed by atoms with Gasteiger partial charge in [-0.25, -0.2) is 4.68 Å². The minimum atomic E-state index is -0.120. The monoisotopic (exact) mass is 424 g/mol. The van der Waals surface area contributed by atoms with Crippen molar-refractivity contribution in [1.29, 1.82) is 0 Å². The molecule has 1 N–H and O–H groups in total. The number of para-hydroxylation sites is 1. The fraction of sp³-hybridized carbons (Fsp3) is 0.391. The van der Waals surface area contributed by atoms with Crippen LogP contribution in [-0.2, 0) is 4.74 Å². The van der Waals surface area contributed by atoms with Crippen LogP contribution >= 0.6 is 11.3 Å². The second kappa shape index (κ2) is 9.55. The second-order valence-electron chi connectivity index (χ2n) is 8.01. The summed E-state index contributed by atoms with van der Waals surface area (Å²) < 4.78 is 7.65. The minimum absolute atomic E-state index is 0.0100. The molecule has 1 fully saturated rings. The van der Waals surface area contributed by atoms with E-state index >= 15 is 0 Å². The van der Waals surface area contributed by atoms with Crippen LogP contribution < -0.4 is 5.32 Å². The molecule has 3 aromatic rings. The molecular weight excluding hydrogens is 396 g/mol. The first-order valence-corrected chi connectivity index (χ1v) is 11.3. The summed E-state index contributed by atoms with van der Waals surface area (Å²) in [7, 11) is 0. The third-order valence-electron chi connectivity index (χ3n) is 5.07. The van der Waals surface area contributed by atoms with E-state index in [1.54, 1.807) is 16.0 Å². The van der Waals surface area contributed by atoms with Crippen LogP contribution in [0, 0.1) is 5.92 Å². The summed E-state index contributed by atoms with van der Waals surface area (Å²) in [5, 5.41) is 9.78. The van der Waals surface area contributed by atoms with Crippen molar-refractivity contribution < 1.29 is 9.53 Å². The van der Waals surface area contributed by atoms with E-state index in [0.29, 0.717) is 30.3 Å². The molecule has 1 atom stereocenters. The molecule has 0 bridgehead atoms. The molecule has 1 unspecified atom stereocenters. The number of amides is 1. The number of benzene rings is 1.